The van der Waals surface area contributed by atoms with Crippen molar-refractivity contribution >= 4 is 22.6 Å². The summed E-state index contributed by atoms with van der Waals surface area (Å²) in [6, 6.07) is 6.22. The highest BCUT2D eigenvalue weighted by Gasteiger charge is 2.29. The molecule has 3 aromatic heterocycles. The van der Waals surface area contributed by atoms with Crippen LogP contribution in [0, 0.1) is 6.92 Å². The summed E-state index contributed by atoms with van der Waals surface area (Å²) < 4.78 is 1.82. The minimum Gasteiger partial charge on any atom is -0.342 e. The molecule has 7 nitrogen and oxygen atoms in total. The topological polar surface area (TPSA) is 79.2 Å². The molecular formula is C20H20N6O. The zero-order valence-corrected chi connectivity index (χ0v) is 15.1. The third kappa shape index (κ3) is 2.75. The summed E-state index contributed by atoms with van der Waals surface area (Å²) in [5.41, 5.74) is 4.24. The summed E-state index contributed by atoms with van der Waals surface area (Å²) in [6.45, 7) is 3.45. The molecule has 4 aromatic rings. The van der Waals surface area contributed by atoms with Crippen LogP contribution < -0.4 is 0 Å². The van der Waals surface area contributed by atoms with Crippen LogP contribution in [0.25, 0.3) is 16.7 Å². The molecule has 1 aliphatic heterocycles. The van der Waals surface area contributed by atoms with E-state index in [1.54, 1.807) is 18.6 Å². The molecule has 27 heavy (non-hydrogen) atoms. The SMILES string of the molecule is Cc1ccc2nc([C@@H]3CCCN(C(=O)c4nccn5ccnc45)C3)[nH]c2c1. The molecule has 1 atom stereocenters. The number of fused-ring (bicyclic) bond motifs is 2. The number of benzene rings is 1. The van der Waals surface area contributed by atoms with E-state index in [-0.39, 0.29) is 11.8 Å². The number of piperidine rings is 1. The maximum absolute atomic E-state index is 13.1. The number of likely N-dealkylation sites (tertiary alicyclic amines) is 1. The molecule has 1 N–H and O–H groups in total. The summed E-state index contributed by atoms with van der Waals surface area (Å²) in [7, 11) is 0. The lowest BCUT2D eigenvalue weighted by atomic mass is 9.97. The number of nitrogens with one attached hydrogen (secondary N) is 1. The Morgan fingerprint density at radius 2 is 2.07 bits per heavy atom. The van der Waals surface area contributed by atoms with Gasteiger partial charge in [-0.25, -0.2) is 15.0 Å². The predicted molar refractivity (Wildman–Crippen MR) is 102 cm³/mol. The highest BCUT2D eigenvalue weighted by Crippen LogP contribution is 2.28. The number of H-pyrrole nitrogens is 1. The monoisotopic (exact) mass is 360 g/mol. The summed E-state index contributed by atoms with van der Waals surface area (Å²) in [5.74, 6) is 1.10. The second kappa shape index (κ2) is 6.19. The second-order valence-electron chi connectivity index (χ2n) is 7.17. The Bertz CT molecular complexity index is 1140. The predicted octanol–water partition coefficient (Wildman–Crippen LogP) is 2.93. The summed E-state index contributed by atoms with van der Waals surface area (Å²) in [5, 5.41) is 0. The van der Waals surface area contributed by atoms with E-state index in [4.69, 9.17) is 4.98 Å². The molecule has 1 aliphatic rings. The van der Waals surface area contributed by atoms with Crippen LogP contribution in [0.15, 0.2) is 43.0 Å². The molecular weight excluding hydrogens is 340 g/mol. The van der Waals surface area contributed by atoms with Gasteiger partial charge in [0.15, 0.2) is 11.3 Å². The number of imidazole rings is 2. The summed E-state index contributed by atoms with van der Waals surface area (Å²) >= 11 is 0. The summed E-state index contributed by atoms with van der Waals surface area (Å²) in [6.07, 6.45) is 8.92. The molecule has 1 fully saturated rings. The van der Waals surface area contributed by atoms with E-state index >= 15 is 0 Å². The zero-order valence-electron chi connectivity index (χ0n) is 15.1. The van der Waals surface area contributed by atoms with Gasteiger partial charge in [-0.15, -0.1) is 0 Å². The van der Waals surface area contributed by atoms with Crippen molar-refractivity contribution in [2.45, 2.75) is 25.7 Å². The largest absolute Gasteiger partial charge is 0.342 e. The average molecular weight is 360 g/mol. The van der Waals surface area contributed by atoms with Crippen LogP contribution in [0.1, 0.15) is 40.6 Å². The number of carbonyl (C=O) groups is 1. The van der Waals surface area contributed by atoms with Gasteiger partial charge in [-0.05, 0) is 37.5 Å². The molecule has 1 saturated heterocycles. The third-order valence-electron chi connectivity index (χ3n) is 5.26. The molecule has 1 amide bonds. The Labute approximate surface area is 156 Å². The van der Waals surface area contributed by atoms with Gasteiger partial charge in [-0.1, -0.05) is 6.07 Å². The first-order chi connectivity index (χ1) is 13.2. The lowest BCUT2D eigenvalue weighted by Gasteiger charge is -2.31. The molecule has 7 heteroatoms. The minimum atomic E-state index is -0.0662. The van der Waals surface area contributed by atoms with Crippen LogP contribution in [0.2, 0.25) is 0 Å². The lowest BCUT2D eigenvalue weighted by molar-refractivity contribution is 0.0700. The van der Waals surface area contributed by atoms with Gasteiger partial charge in [0, 0.05) is 43.8 Å². The quantitative estimate of drug-likeness (QED) is 0.596. The first-order valence-electron chi connectivity index (χ1n) is 9.22. The second-order valence-corrected chi connectivity index (χ2v) is 7.17. The van der Waals surface area contributed by atoms with E-state index in [1.165, 1.54) is 5.56 Å². The Morgan fingerprint density at radius 1 is 1.22 bits per heavy atom. The van der Waals surface area contributed by atoms with Gasteiger partial charge in [0.1, 0.15) is 5.82 Å². The lowest BCUT2D eigenvalue weighted by Crippen LogP contribution is -2.40. The van der Waals surface area contributed by atoms with Crippen LogP contribution in [0.5, 0.6) is 0 Å². The van der Waals surface area contributed by atoms with E-state index in [0.717, 1.165) is 36.2 Å². The molecule has 5 rings (SSSR count). The van der Waals surface area contributed by atoms with Gasteiger partial charge in [0.2, 0.25) is 0 Å². The van der Waals surface area contributed by atoms with Crippen molar-refractivity contribution in [1.82, 2.24) is 29.2 Å². The van der Waals surface area contributed by atoms with Crippen molar-refractivity contribution in [3.8, 4) is 0 Å². The van der Waals surface area contributed by atoms with Crippen LogP contribution in [-0.4, -0.2) is 48.2 Å². The average Bonchev–Trinajstić information content (AvgIpc) is 3.33. The molecule has 0 aliphatic carbocycles. The van der Waals surface area contributed by atoms with Crippen molar-refractivity contribution in [3.05, 3.63) is 60.1 Å². The van der Waals surface area contributed by atoms with E-state index < -0.39 is 0 Å². The molecule has 0 saturated carbocycles. The van der Waals surface area contributed by atoms with E-state index in [2.05, 4.69) is 34.0 Å². The summed E-state index contributed by atoms with van der Waals surface area (Å²) in [4.78, 5) is 31.8. The van der Waals surface area contributed by atoms with E-state index in [1.807, 2.05) is 21.6 Å². The Kier molecular flexibility index (Phi) is 3.67. The van der Waals surface area contributed by atoms with E-state index in [9.17, 15) is 4.79 Å². The molecule has 0 spiro atoms. The van der Waals surface area contributed by atoms with Gasteiger partial charge < -0.3 is 14.3 Å². The number of nitrogens with zero attached hydrogens (tertiary/aromatic N) is 5. The normalized spacial score (nSPS) is 17.7. The number of hydrogen-bond donors (Lipinski definition) is 1. The van der Waals surface area contributed by atoms with Gasteiger partial charge in [0.25, 0.3) is 5.91 Å². The zero-order chi connectivity index (χ0) is 18.4. The highest BCUT2D eigenvalue weighted by atomic mass is 16.2. The maximum atomic E-state index is 13.1. The fourth-order valence-electron chi connectivity index (χ4n) is 3.88. The number of amides is 1. The van der Waals surface area contributed by atoms with Crippen molar-refractivity contribution < 1.29 is 4.79 Å². The van der Waals surface area contributed by atoms with Crippen molar-refractivity contribution in [2.75, 3.05) is 13.1 Å². The Hall–Kier alpha value is -3.22. The molecule has 0 unspecified atom stereocenters. The Morgan fingerprint density at radius 3 is 2.96 bits per heavy atom. The standard InChI is InChI=1S/C20H20N6O/c1-13-4-5-15-16(11-13)24-18(23-15)14-3-2-8-26(12-14)20(27)17-19-22-7-10-25(19)9-6-21-17/h4-7,9-11,14H,2-3,8,12H2,1H3,(H,23,24)/t14-/m1/s1. The molecule has 0 bridgehead atoms. The highest BCUT2D eigenvalue weighted by molar-refractivity contribution is 5.97. The smallest absolute Gasteiger partial charge is 0.276 e. The molecule has 4 heterocycles. The Balaban J connectivity index is 1.43. The van der Waals surface area contributed by atoms with E-state index in [0.29, 0.717) is 17.9 Å². The first kappa shape index (κ1) is 16.0. The number of aromatic nitrogens is 5. The molecule has 136 valence electrons. The van der Waals surface area contributed by atoms with Gasteiger partial charge >= 0.3 is 0 Å². The van der Waals surface area contributed by atoms with Gasteiger partial charge in [-0.2, -0.15) is 0 Å². The van der Waals surface area contributed by atoms with Gasteiger partial charge in [0.05, 0.1) is 11.0 Å². The fraction of sp³-hybridized carbons (Fsp3) is 0.300. The number of aryl methyl sites for hydroxylation is 1. The van der Waals surface area contributed by atoms with Crippen molar-refractivity contribution in [3.63, 3.8) is 0 Å². The minimum absolute atomic E-state index is 0.0662. The van der Waals surface area contributed by atoms with Crippen LogP contribution >= 0.6 is 0 Å². The fourth-order valence-corrected chi connectivity index (χ4v) is 3.88. The molecule has 0 radical (unpaired) electrons. The van der Waals surface area contributed by atoms with Crippen LogP contribution in [0.3, 0.4) is 0 Å². The number of aromatic amines is 1. The van der Waals surface area contributed by atoms with Crippen LogP contribution in [-0.2, 0) is 0 Å². The van der Waals surface area contributed by atoms with Crippen molar-refractivity contribution in [1.29, 1.82) is 0 Å². The molecule has 1 aromatic carbocycles. The number of hydrogen-bond acceptors (Lipinski definition) is 4. The van der Waals surface area contributed by atoms with Crippen molar-refractivity contribution in [2.24, 2.45) is 0 Å². The van der Waals surface area contributed by atoms with Gasteiger partial charge in [-0.3, -0.25) is 4.79 Å². The maximum Gasteiger partial charge on any atom is 0.276 e. The number of rotatable bonds is 2. The first-order valence-corrected chi connectivity index (χ1v) is 9.22. The number of carbonyl (C=O) groups excluding carboxylic acids is 1. The third-order valence-corrected chi connectivity index (χ3v) is 5.26. The van der Waals surface area contributed by atoms with Crippen LogP contribution in [0.4, 0.5) is 0 Å².